The van der Waals surface area contributed by atoms with Gasteiger partial charge in [0.05, 0.1) is 11.6 Å². The number of ether oxygens (including phenoxy) is 1. The van der Waals surface area contributed by atoms with Crippen molar-refractivity contribution in [1.82, 2.24) is 5.32 Å². The van der Waals surface area contributed by atoms with Crippen molar-refractivity contribution in [1.29, 1.82) is 0 Å². The second-order valence-electron chi connectivity index (χ2n) is 4.77. The number of rotatable bonds is 6. The maximum atomic E-state index is 6.03. The smallest absolute Gasteiger partial charge is 0.146 e. The Labute approximate surface area is 128 Å². The van der Waals surface area contributed by atoms with Gasteiger partial charge in [0.15, 0.2) is 0 Å². The van der Waals surface area contributed by atoms with Crippen LogP contribution in [0.25, 0.3) is 0 Å². The maximum Gasteiger partial charge on any atom is 0.146 e. The molecule has 3 nitrogen and oxygen atoms in total. The highest BCUT2D eigenvalue weighted by atomic mass is 35.5. The van der Waals surface area contributed by atoms with Gasteiger partial charge in [0.1, 0.15) is 23.9 Å². The SMILES string of the molecule is CC(C)NCc1ccc(COc2cc(Cl)ccc2Cl)o1. The minimum atomic E-state index is 0.321. The minimum absolute atomic E-state index is 0.321. The summed E-state index contributed by atoms with van der Waals surface area (Å²) in [7, 11) is 0. The normalized spacial score (nSPS) is 11.1. The van der Waals surface area contributed by atoms with Gasteiger partial charge in [-0.15, -0.1) is 0 Å². The summed E-state index contributed by atoms with van der Waals surface area (Å²) in [4.78, 5) is 0. The molecule has 0 radical (unpaired) electrons. The van der Waals surface area contributed by atoms with Crippen LogP contribution in [-0.2, 0) is 13.2 Å². The minimum Gasteiger partial charge on any atom is -0.484 e. The number of benzene rings is 1. The molecule has 2 rings (SSSR count). The Balaban J connectivity index is 1.92. The molecule has 1 N–H and O–H groups in total. The van der Waals surface area contributed by atoms with Crippen LogP contribution >= 0.6 is 23.2 Å². The third-order valence-electron chi connectivity index (χ3n) is 2.67. The van der Waals surface area contributed by atoms with Gasteiger partial charge in [-0.25, -0.2) is 0 Å². The standard InChI is InChI=1S/C15H17Cl2NO2/c1-10(2)18-8-12-4-5-13(20-12)9-19-15-7-11(16)3-6-14(15)17/h3-7,10,18H,8-9H2,1-2H3. The van der Waals surface area contributed by atoms with Gasteiger partial charge in [0.2, 0.25) is 0 Å². The molecule has 20 heavy (non-hydrogen) atoms. The van der Waals surface area contributed by atoms with Crippen molar-refractivity contribution >= 4 is 23.2 Å². The predicted octanol–water partition coefficient (Wildman–Crippen LogP) is 4.66. The van der Waals surface area contributed by atoms with Crippen molar-refractivity contribution in [3.8, 4) is 5.75 Å². The highest BCUT2D eigenvalue weighted by Crippen LogP contribution is 2.28. The third-order valence-corrected chi connectivity index (χ3v) is 3.21. The first kappa shape index (κ1) is 15.2. The van der Waals surface area contributed by atoms with Gasteiger partial charge < -0.3 is 14.5 Å². The molecule has 1 aromatic carbocycles. The number of halogens is 2. The zero-order valence-electron chi connectivity index (χ0n) is 11.5. The van der Waals surface area contributed by atoms with Gasteiger partial charge in [0, 0.05) is 17.1 Å². The third kappa shape index (κ3) is 4.44. The van der Waals surface area contributed by atoms with Crippen molar-refractivity contribution in [2.24, 2.45) is 0 Å². The van der Waals surface area contributed by atoms with Crippen LogP contribution in [0.3, 0.4) is 0 Å². The average molecular weight is 314 g/mol. The van der Waals surface area contributed by atoms with Gasteiger partial charge in [-0.05, 0) is 24.3 Å². The summed E-state index contributed by atoms with van der Waals surface area (Å²) >= 11 is 11.9. The lowest BCUT2D eigenvalue weighted by Gasteiger charge is -2.07. The van der Waals surface area contributed by atoms with Crippen LogP contribution in [-0.4, -0.2) is 6.04 Å². The summed E-state index contributed by atoms with van der Waals surface area (Å²) in [6, 6.07) is 9.38. The van der Waals surface area contributed by atoms with E-state index in [1.165, 1.54) is 0 Å². The molecule has 0 bridgehead atoms. The molecule has 108 valence electrons. The quantitative estimate of drug-likeness (QED) is 0.842. The zero-order valence-corrected chi connectivity index (χ0v) is 13.0. The fourth-order valence-corrected chi connectivity index (χ4v) is 1.97. The first-order chi connectivity index (χ1) is 9.54. The van der Waals surface area contributed by atoms with E-state index in [-0.39, 0.29) is 0 Å². The largest absolute Gasteiger partial charge is 0.484 e. The molecule has 0 saturated heterocycles. The monoisotopic (exact) mass is 313 g/mol. The Kier molecular flexibility index (Phi) is 5.35. The molecule has 0 fully saturated rings. The van der Waals surface area contributed by atoms with Gasteiger partial charge in [-0.1, -0.05) is 37.0 Å². The lowest BCUT2D eigenvalue weighted by atomic mass is 10.3. The Morgan fingerprint density at radius 1 is 1.15 bits per heavy atom. The van der Waals surface area contributed by atoms with Crippen molar-refractivity contribution in [3.05, 3.63) is 51.9 Å². The number of hydrogen-bond donors (Lipinski definition) is 1. The Hall–Kier alpha value is -1.16. The van der Waals surface area contributed by atoms with Gasteiger partial charge in [-0.3, -0.25) is 0 Å². The Bertz CT molecular complexity index is 567. The van der Waals surface area contributed by atoms with Crippen molar-refractivity contribution in [2.75, 3.05) is 0 Å². The van der Waals surface area contributed by atoms with Crippen LogP contribution in [0.4, 0.5) is 0 Å². The molecule has 0 amide bonds. The Morgan fingerprint density at radius 2 is 1.90 bits per heavy atom. The van der Waals surface area contributed by atoms with E-state index in [0.717, 1.165) is 11.5 Å². The fourth-order valence-electron chi connectivity index (χ4n) is 1.64. The van der Waals surface area contributed by atoms with E-state index in [1.807, 2.05) is 12.1 Å². The van der Waals surface area contributed by atoms with Gasteiger partial charge >= 0.3 is 0 Å². The molecule has 2 aromatic rings. The maximum absolute atomic E-state index is 6.03. The summed E-state index contributed by atoms with van der Waals surface area (Å²) in [5.74, 6) is 2.19. The summed E-state index contributed by atoms with van der Waals surface area (Å²) in [5.41, 5.74) is 0. The summed E-state index contributed by atoms with van der Waals surface area (Å²) < 4.78 is 11.3. The first-order valence-corrected chi connectivity index (χ1v) is 7.19. The molecular weight excluding hydrogens is 297 g/mol. The molecule has 0 atom stereocenters. The molecule has 0 spiro atoms. The topological polar surface area (TPSA) is 34.4 Å². The highest BCUT2D eigenvalue weighted by molar-refractivity contribution is 6.34. The first-order valence-electron chi connectivity index (χ1n) is 6.43. The van der Waals surface area contributed by atoms with E-state index in [9.17, 15) is 0 Å². The summed E-state index contributed by atoms with van der Waals surface area (Å²) in [6.45, 7) is 5.21. The Morgan fingerprint density at radius 3 is 2.65 bits per heavy atom. The summed E-state index contributed by atoms with van der Waals surface area (Å²) in [6.07, 6.45) is 0. The predicted molar refractivity (Wildman–Crippen MR) is 81.5 cm³/mol. The van der Waals surface area contributed by atoms with Gasteiger partial charge in [0.25, 0.3) is 0 Å². The van der Waals surface area contributed by atoms with E-state index >= 15 is 0 Å². The molecule has 0 aliphatic carbocycles. The van der Waals surface area contributed by atoms with Gasteiger partial charge in [-0.2, -0.15) is 0 Å². The molecule has 0 aliphatic heterocycles. The van der Waals surface area contributed by atoms with Crippen LogP contribution in [0.2, 0.25) is 10.0 Å². The molecule has 5 heteroatoms. The van der Waals surface area contributed by atoms with Crippen LogP contribution in [0, 0.1) is 0 Å². The molecule has 1 heterocycles. The fraction of sp³-hybridized carbons (Fsp3) is 0.333. The highest BCUT2D eigenvalue weighted by Gasteiger charge is 2.06. The summed E-state index contributed by atoms with van der Waals surface area (Å²) in [5, 5.41) is 4.41. The molecule has 1 aromatic heterocycles. The molecular formula is C15H17Cl2NO2. The van der Waals surface area contributed by atoms with Crippen molar-refractivity contribution in [3.63, 3.8) is 0 Å². The molecule has 0 unspecified atom stereocenters. The van der Waals surface area contributed by atoms with E-state index in [4.69, 9.17) is 32.4 Å². The molecule has 0 aliphatic rings. The van der Waals surface area contributed by atoms with Crippen molar-refractivity contribution < 1.29 is 9.15 Å². The number of hydrogen-bond acceptors (Lipinski definition) is 3. The van der Waals surface area contributed by atoms with E-state index in [0.29, 0.717) is 35.0 Å². The second kappa shape index (κ2) is 7.02. The van der Waals surface area contributed by atoms with Crippen LogP contribution in [0.1, 0.15) is 25.4 Å². The van der Waals surface area contributed by atoms with Crippen molar-refractivity contribution in [2.45, 2.75) is 33.0 Å². The lowest BCUT2D eigenvalue weighted by Crippen LogP contribution is -2.21. The second-order valence-corrected chi connectivity index (χ2v) is 5.61. The van der Waals surface area contributed by atoms with E-state index in [2.05, 4.69) is 19.2 Å². The van der Waals surface area contributed by atoms with E-state index in [1.54, 1.807) is 18.2 Å². The van der Waals surface area contributed by atoms with E-state index < -0.39 is 0 Å². The van der Waals surface area contributed by atoms with Crippen LogP contribution in [0.15, 0.2) is 34.7 Å². The number of nitrogens with one attached hydrogen (secondary N) is 1. The van der Waals surface area contributed by atoms with Crippen LogP contribution < -0.4 is 10.1 Å². The lowest BCUT2D eigenvalue weighted by molar-refractivity contribution is 0.265. The molecule has 0 saturated carbocycles. The zero-order chi connectivity index (χ0) is 14.5. The number of furan rings is 1. The van der Waals surface area contributed by atoms with Crippen LogP contribution in [0.5, 0.6) is 5.75 Å². The average Bonchev–Trinajstić information content (AvgIpc) is 2.85.